The van der Waals surface area contributed by atoms with Crippen LogP contribution in [0.25, 0.3) is 5.69 Å². The van der Waals surface area contributed by atoms with Crippen LogP contribution in [0.5, 0.6) is 0 Å². The molecule has 15 heavy (non-hydrogen) atoms. The molecule has 0 saturated heterocycles. The first-order valence-corrected chi connectivity index (χ1v) is 5.86. The Morgan fingerprint density at radius 1 is 1.07 bits per heavy atom. The summed E-state index contributed by atoms with van der Waals surface area (Å²) >= 11 is 1.69. The van der Waals surface area contributed by atoms with E-state index in [1.54, 1.807) is 34.7 Å². The maximum atomic E-state index is 11.5. The summed E-state index contributed by atoms with van der Waals surface area (Å²) in [6.07, 6.45) is 3.81. The van der Waals surface area contributed by atoms with E-state index in [1.165, 1.54) is 4.90 Å². The predicted octanol–water partition coefficient (Wildman–Crippen LogP) is 2.56. The van der Waals surface area contributed by atoms with E-state index < -0.39 is 0 Å². The minimum absolute atomic E-state index is 0.00518. The monoisotopic (exact) mass is 217 g/mol. The molecule has 1 aromatic carbocycles. The Hall–Kier alpha value is -1.48. The molecule has 3 heteroatoms. The third-order valence-corrected chi connectivity index (χ3v) is 2.92. The number of hydrogen-bond donors (Lipinski definition) is 0. The van der Waals surface area contributed by atoms with Gasteiger partial charge in [-0.3, -0.25) is 9.36 Å². The van der Waals surface area contributed by atoms with Crippen molar-refractivity contribution in [2.45, 2.75) is 4.90 Å². The summed E-state index contributed by atoms with van der Waals surface area (Å²) in [6, 6.07) is 13.1. The summed E-state index contributed by atoms with van der Waals surface area (Å²) in [5.41, 5.74) is 0.896. The Morgan fingerprint density at radius 3 is 2.40 bits per heavy atom. The third kappa shape index (κ3) is 2.13. The highest BCUT2D eigenvalue weighted by Gasteiger charge is 1.97. The van der Waals surface area contributed by atoms with E-state index in [-0.39, 0.29) is 5.56 Å². The quantitative estimate of drug-likeness (QED) is 0.721. The lowest BCUT2D eigenvalue weighted by atomic mass is 10.3. The van der Waals surface area contributed by atoms with E-state index in [9.17, 15) is 4.79 Å². The average molecular weight is 217 g/mol. The molecule has 0 radical (unpaired) electrons. The number of hydrogen-bond acceptors (Lipinski definition) is 2. The summed E-state index contributed by atoms with van der Waals surface area (Å²) in [4.78, 5) is 12.7. The van der Waals surface area contributed by atoms with Crippen LogP contribution in [0.2, 0.25) is 0 Å². The maximum Gasteiger partial charge on any atom is 0.255 e. The molecule has 0 atom stereocenters. The molecule has 0 aliphatic carbocycles. The zero-order valence-electron chi connectivity index (χ0n) is 8.38. The Labute approximate surface area is 92.6 Å². The zero-order valence-corrected chi connectivity index (χ0v) is 9.20. The van der Waals surface area contributed by atoms with Gasteiger partial charge in [-0.25, -0.2) is 0 Å². The summed E-state index contributed by atoms with van der Waals surface area (Å²) in [5.74, 6) is 0. The van der Waals surface area contributed by atoms with Crippen LogP contribution in [0.3, 0.4) is 0 Å². The number of pyridine rings is 1. The summed E-state index contributed by atoms with van der Waals surface area (Å²) in [7, 11) is 0. The van der Waals surface area contributed by atoms with Crippen LogP contribution < -0.4 is 5.56 Å². The standard InChI is InChI=1S/C12H11NOS/c1-15-11-7-5-10(6-8-11)13-9-3-2-4-12(13)14/h2-9H,1H3. The van der Waals surface area contributed by atoms with Gasteiger partial charge >= 0.3 is 0 Å². The van der Waals surface area contributed by atoms with Crippen LogP contribution in [0.4, 0.5) is 0 Å². The van der Waals surface area contributed by atoms with Crippen LogP contribution in [0.15, 0.2) is 58.4 Å². The average Bonchev–Trinajstić information content (AvgIpc) is 2.30. The van der Waals surface area contributed by atoms with Gasteiger partial charge in [0.15, 0.2) is 0 Å². The SMILES string of the molecule is CSc1ccc(-n2ccccc2=O)cc1. The van der Waals surface area contributed by atoms with Gasteiger partial charge in [0.1, 0.15) is 0 Å². The first-order valence-electron chi connectivity index (χ1n) is 4.63. The molecule has 0 bridgehead atoms. The lowest BCUT2D eigenvalue weighted by molar-refractivity contribution is 0.988. The van der Waals surface area contributed by atoms with E-state index in [2.05, 4.69) is 0 Å². The first kappa shape index (κ1) is 10.1. The van der Waals surface area contributed by atoms with Gasteiger partial charge in [-0.1, -0.05) is 6.07 Å². The van der Waals surface area contributed by atoms with Gasteiger partial charge in [-0.2, -0.15) is 0 Å². The Bertz CT molecular complexity index is 502. The molecular formula is C12H11NOS. The lowest BCUT2D eigenvalue weighted by Gasteiger charge is -2.05. The Kier molecular flexibility index (Phi) is 2.92. The van der Waals surface area contributed by atoms with Gasteiger partial charge in [0.25, 0.3) is 5.56 Å². The van der Waals surface area contributed by atoms with Crippen LogP contribution in [0, 0.1) is 0 Å². The minimum atomic E-state index is -0.00518. The van der Waals surface area contributed by atoms with Gasteiger partial charge in [0.2, 0.25) is 0 Å². The molecule has 0 amide bonds. The number of benzene rings is 1. The third-order valence-electron chi connectivity index (χ3n) is 2.17. The van der Waals surface area contributed by atoms with Gasteiger partial charge in [-0.15, -0.1) is 11.8 Å². The summed E-state index contributed by atoms with van der Waals surface area (Å²) < 4.78 is 1.63. The first-order chi connectivity index (χ1) is 7.31. The molecule has 2 aromatic rings. The summed E-state index contributed by atoms with van der Waals surface area (Å²) in [5, 5.41) is 0. The van der Waals surface area contributed by atoms with Gasteiger partial charge in [0.05, 0.1) is 0 Å². The van der Waals surface area contributed by atoms with Gasteiger partial charge < -0.3 is 0 Å². The second-order valence-corrected chi connectivity index (χ2v) is 3.99. The maximum absolute atomic E-state index is 11.5. The highest BCUT2D eigenvalue weighted by molar-refractivity contribution is 7.98. The second-order valence-electron chi connectivity index (χ2n) is 3.11. The van der Waals surface area contributed by atoms with Crippen molar-refractivity contribution in [1.29, 1.82) is 0 Å². The molecule has 2 rings (SSSR count). The highest BCUT2D eigenvalue weighted by atomic mass is 32.2. The van der Waals surface area contributed by atoms with Gasteiger partial charge in [0, 0.05) is 22.8 Å². The molecule has 0 saturated carbocycles. The molecule has 76 valence electrons. The number of aromatic nitrogens is 1. The zero-order chi connectivity index (χ0) is 10.7. The van der Waals surface area contributed by atoms with Crippen molar-refractivity contribution in [3.63, 3.8) is 0 Å². The highest BCUT2D eigenvalue weighted by Crippen LogP contribution is 2.16. The van der Waals surface area contributed by atoms with Crippen molar-refractivity contribution in [3.05, 3.63) is 59.0 Å². The second kappa shape index (κ2) is 4.36. The molecule has 0 unspecified atom stereocenters. The molecule has 0 spiro atoms. The van der Waals surface area contributed by atoms with Crippen LogP contribution in [0.1, 0.15) is 0 Å². The predicted molar refractivity (Wildman–Crippen MR) is 63.8 cm³/mol. The molecule has 0 N–H and O–H groups in total. The smallest absolute Gasteiger partial charge is 0.255 e. The Morgan fingerprint density at radius 2 is 1.80 bits per heavy atom. The van der Waals surface area contributed by atoms with Crippen molar-refractivity contribution >= 4 is 11.8 Å². The lowest BCUT2D eigenvalue weighted by Crippen LogP contribution is -2.15. The van der Waals surface area contributed by atoms with Crippen molar-refractivity contribution < 1.29 is 0 Å². The van der Waals surface area contributed by atoms with Crippen molar-refractivity contribution in [2.75, 3.05) is 6.26 Å². The van der Waals surface area contributed by atoms with E-state index in [0.29, 0.717) is 0 Å². The molecule has 0 aliphatic rings. The molecule has 0 fully saturated rings. The fourth-order valence-corrected chi connectivity index (χ4v) is 1.79. The molecule has 1 heterocycles. The van der Waals surface area contributed by atoms with Crippen molar-refractivity contribution in [3.8, 4) is 5.69 Å². The molecular weight excluding hydrogens is 206 g/mol. The largest absolute Gasteiger partial charge is 0.284 e. The minimum Gasteiger partial charge on any atom is -0.284 e. The number of rotatable bonds is 2. The van der Waals surface area contributed by atoms with Crippen molar-refractivity contribution in [1.82, 2.24) is 4.57 Å². The van der Waals surface area contributed by atoms with E-state index in [1.807, 2.05) is 36.6 Å². The van der Waals surface area contributed by atoms with E-state index in [0.717, 1.165) is 5.69 Å². The Balaban J connectivity index is 2.46. The van der Waals surface area contributed by atoms with Crippen LogP contribution >= 0.6 is 11.8 Å². The summed E-state index contributed by atoms with van der Waals surface area (Å²) in [6.45, 7) is 0. The fraction of sp³-hybridized carbons (Fsp3) is 0.0833. The number of thioether (sulfide) groups is 1. The van der Waals surface area contributed by atoms with E-state index >= 15 is 0 Å². The fourth-order valence-electron chi connectivity index (χ4n) is 1.38. The molecule has 0 aliphatic heterocycles. The number of nitrogens with zero attached hydrogens (tertiary/aromatic N) is 1. The molecule has 2 nitrogen and oxygen atoms in total. The van der Waals surface area contributed by atoms with Crippen LogP contribution in [-0.2, 0) is 0 Å². The normalized spacial score (nSPS) is 10.2. The van der Waals surface area contributed by atoms with Crippen molar-refractivity contribution in [2.24, 2.45) is 0 Å². The van der Waals surface area contributed by atoms with Gasteiger partial charge in [-0.05, 0) is 36.6 Å². The van der Waals surface area contributed by atoms with E-state index in [4.69, 9.17) is 0 Å². The topological polar surface area (TPSA) is 22.0 Å². The molecule has 1 aromatic heterocycles. The van der Waals surface area contributed by atoms with Crippen LogP contribution in [-0.4, -0.2) is 10.8 Å².